The summed E-state index contributed by atoms with van der Waals surface area (Å²) >= 11 is 6.01. The number of benzene rings is 2. The van der Waals surface area contributed by atoms with Crippen molar-refractivity contribution < 1.29 is 40.6 Å². The Morgan fingerprint density at radius 1 is 0.938 bits per heavy atom. The van der Waals surface area contributed by atoms with Gasteiger partial charge in [-0.25, -0.2) is 4.79 Å². The number of hydrogen-bond donors (Lipinski definition) is 0. The first kappa shape index (κ1) is 24.0. The molecule has 1 aliphatic rings. The van der Waals surface area contributed by atoms with Crippen molar-refractivity contribution in [3.8, 4) is 16.9 Å². The number of carbonyl (C=O) groups excluding carboxylic acids is 1. The zero-order valence-corrected chi connectivity index (χ0v) is 17.2. The van der Waals surface area contributed by atoms with Crippen LogP contribution in [0.4, 0.5) is 31.1 Å². The summed E-state index contributed by atoms with van der Waals surface area (Å²) in [7, 11) is 0. The van der Waals surface area contributed by atoms with Crippen molar-refractivity contribution in [1.82, 2.24) is 4.90 Å². The van der Waals surface area contributed by atoms with Crippen LogP contribution in [-0.4, -0.2) is 48.6 Å². The van der Waals surface area contributed by atoms with Crippen molar-refractivity contribution in [2.75, 3.05) is 13.1 Å². The van der Waals surface area contributed by atoms with E-state index >= 15 is 0 Å². The Bertz CT molecular complexity index is 928. The number of nitrogens with zero attached hydrogens (tertiary/aromatic N) is 1. The van der Waals surface area contributed by atoms with Crippen LogP contribution in [0.3, 0.4) is 0 Å². The lowest BCUT2D eigenvalue weighted by Gasteiger charge is -2.33. The maximum atomic E-state index is 12.6. The third kappa shape index (κ3) is 6.21. The smallest absolute Gasteiger partial charge is 0.434 e. The lowest BCUT2D eigenvalue weighted by atomic mass is 10.1. The molecule has 1 saturated heterocycles. The van der Waals surface area contributed by atoms with Gasteiger partial charge in [0.1, 0.15) is 11.9 Å². The molecule has 1 amide bonds. The van der Waals surface area contributed by atoms with Crippen molar-refractivity contribution in [3.63, 3.8) is 0 Å². The molecule has 0 N–H and O–H groups in total. The van der Waals surface area contributed by atoms with Crippen LogP contribution in [0.25, 0.3) is 11.1 Å². The molecule has 0 aromatic heterocycles. The Morgan fingerprint density at radius 3 is 2.06 bits per heavy atom. The zero-order valence-electron chi connectivity index (χ0n) is 16.4. The van der Waals surface area contributed by atoms with E-state index in [1.54, 1.807) is 30.3 Å². The first-order valence-electron chi connectivity index (χ1n) is 9.55. The van der Waals surface area contributed by atoms with E-state index in [0.717, 1.165) is 16.0 Å². The second-order valence-electron chi connectivity index (χ2n) is 7.19. The van der Waals surface area contributed by atoms with Gasteiger partial charge in [-0.2, -0.15) is 26.3 Å². The molecule has 3 rings (SSSR count). The lowest BCUT2D eigenvalue weighted by molar-refractivity contribution is -0.308. The predicted octanol–water partition coefficient (Wildman–Crippen LogP) is 6.48. The molecule has 0 spiro atoms. The summed E-state index contributed by atoms with van der Waals surface area (Å²) in [5.41, 5.74) is 1.74. The number of ether oxygens (including phenoxy) is 2. The summed E-state index contributed by atoms with van der Waals surface area (Å²) in [4.78, 5) is 12.7. The Labute approximate surface area is 184 Å². The van der Waals surface area contributed by atoms with Crippen molar-refractivity contribution in [2.45, 2.75) is 37.4 Å². The van der Waals surface area contributed by atoms with Crippen LogP contribution in [0.2, 0.25) is 5.02 Å². The summed E-state index contributed by atoms with van der Waals surface area (Å²) in [5, 5.41) is 0.575. The average Bonchev–Trinajstić information content (AvgIpc) is 2.71. The average molecular weight is 482 g/mol. The number of rotatable bonds is 4. The number of alkyl halides is 6. The minimum atomic E-state index is -5.75. The Morgan fingerprint density at radius 2 is 1.50 bits per heavy atom. The standard InChI is InChI=1S/C21H18ClF6NO3/c22-15-5-1-3-13(11-15)14-4-2-6-17(12-14)31-16-7-9-29(10-8-16)19(30)32-18(20(23,24)25)21(26,27)28/h1-6,11-12,16,18H,7-10H2. The van der Waals surface area contributed by atoms with E-state index in [1.807, 2.05) is 18.2 Å². The maximum Gasteiger partial charge on any atom is 0.434 e. The van der Waals surface area contributed by atoms with Gasteiger partial charge in [0.2, 0.25) is 0 Å². The van der Waals surface area contributed by atoms with Crippen molar-refractivity contribution in [2.24, 2.45) is 0 Å². The number of amides is 1. The molecule has 2 aromatic carbocycles. The third-order valence-electron chi connectivity index (χ3n) is 4.81. The molecule has 1 fully saturated rings. The van der Waals surface area contributed by atoms with Crippen LogP contribution >= 0.6 is 11.6 Å². The summed E-state index contributed by atoms with van der Waals surface area (Å²) < 4.78 is 85.1. The number of piperidine rings is 1. The molecule has 0 radical (unpaired) electrons. The minimum Gasteiger partial charge on any atom is -0.490 e. The molecule has 2 aromatic rings. The van der Waals surface area contributed by atoms with E-state index < -0.39 is 24.5 Å². The Kier molecular flexibility index (Phi) is 7.12. The zero-order chi connectivity index (χ0) is 23.5. The third-order valence-corrected chi connectivity index (χ3v) is 5.04. The monoisotopic (exact) mass is 481 g/mol. The molecule has 0 bridgehead atoms. The van der Waals surface area contributed by atoms with E-state index in [-0.39, 0.29) is 32.0 Å². The van der Waals surface area contributed by atoms with Gasteiger partial charge in [0.25, 0.3) is 6.10 Å². The number of halogens is 7. The fourth-order valence-corrected chi connectivity index (χ4v) is 3.45. The molecule has 32 heavy (non-hydrogen) atoms. The van der Waals surface area contributed by atoms with Crippen LogP contribution in [0.5, 0.6) is 5.75 Å². The molecule has 1 heterocycles. The van der Waals surface area contributed by atoms with Crippen molar-refractivity contribution in [3.05, 3.63) is 53.6 Å². The quantitative estimate of drug-likeness (QED) is 0.469. The molecule has 4 nitrogen and oxygen atoms in total. The summed E-state index contributed by atoms with van der Waals surface area (Å²) in [6, 6.07) is 14.4. The van der Waals surface area contributed by atoms with Crippen LogP contribution in [0, 0.1) is 0 Å². The lowest BCUT2D eigenvalue weighted by Crippen LogP contribution is -2.50. The highest BCUT2D eigenvalue weighted by atomic mass is 35.5. The first-order valence-corrected chi connectivity index (χ1v) is 9.93. The molecule has 0 unspecified atom stereocenters. The SMILES string of the molecule is O=C(OC(C(F)(F)F)C(F)(F)F)N1CCC(Oc2cccc(-c3cccc(Cl)c3)c2)CC1. The van der Waals surface area contributed by atoms with Gasteiger partial charge >= 0.3 is 18.4 Å². The maximum absolute atomic E-state index is 12.6. The second kappa shape index (κ2) is 9.48. The largest absolute Gasteiger partial charge is 0.490 e. The second-order valence-corrected chi connectivity index (χ2v) is 7.63. The summed E-state index contributed by atoms with van der Waals surface area (Å²) in [6.45, 7) is -0.195. The van der Waals surface area contributed by atoms with Gasteiger partial charge in [0, 0.05) is 31.0 Å². The topological polar surface area (TPSA) is 38.8 Å². The van der Waals surface area contributed by atoms with E-state index in [2.05, 4.69) is 4.74 Å². The molecule has 11 heteroatoms. The van der Waals surface area contributed by atoms with Crippen LogP contribution in [-0.2, 0) is 4.74 Å². The molecule has 0 saturated carbocycles. The molecule has 0 aliphatic carbocycles. The fraction of sp³-hybridized carbons (Fsp3) is 0.381. The van der Waals surface area contributed by atoms with Crippen LogP contribution in [0.15, 0.2) is 48.5 Å². The van der Waals surface area contributed by atoms with Crippen molar-refractivity contribution in [1.29, 1.82) is 0 Å². The Balaban J connectivity index is 1.57. The van der Waals surface area contributed by atoms with E-state index in [9.17, 15) is 31.1 Å². The highest BCUT2D eigenvalue weighted by Gasteiger charge is 2.60. The van der Waals surface area contributed by atoms with Gasteiger partial charge in [-0.15, -0.1) is 0 Å². The van der Waals surface area contributed by atoms with Crippen LogP contribution < -0.4 is 4.74 Å². The summed E-state index contributed by atoms with van der Waals surface area (Å²) in [5.74, 6) is 0.540. The number of likely N-dealkylation sites (tertiary alicyclic amines) is 1. The van der Waals surface area contributed by atoms with Gasteiger partial charge in [-0.05, 0) is 35.4 Å². The number of carbonyl (C=O) groups is 1. The number of hydrogen-bond acceptors (Lipinski definition) is 3. The van der Waals surface area contributed by atoms with Crippen LogP contribution in [0.1, 0.15) is 12.8 Å². The molecule has 174 valence electrons. The molecule has 0 atom stereocenters. The van der Waals surface area contributed by atoms with E-state index in [1.165, 1.54) is 0 Å². The molecule has 1 aliphatic heterocycles. The summed E-state index contributed by atoms with van der Waals surface area (Å²) in [6.07, 6.45) is -17.2. The molecular formula is C21H18ClF6NO3. The molecular weight excluding hydrogens is 464 g/mol. The van der Waals surface area contributed by atoms with Gasteiger partial charge < -0.3 is 14.4 Å². The van der Waals surface area contributed by atoms with Gasteiger partial charge in [0.05, 0.1) is 0 Å². The van der Waals surface area contributed by atoms with E-state index in [0.29, 0.717) is 10.8 Å². The fourth-order valence-electron chi connectivity index (χ4n) is 3.26. The van der Waals surface area contributed by atoms with Gasteiger partial charge in [0.15, 0.2) is 0 Å². The normalized spacial score (nSPS) is 15.7. The highest BCUT2D eigenvalue weighted by molar-refractivity contribution is 6.30. The van der Waals surface area contributed by atoms with E-state index in [4.69, 9.17) is 16.3 Å². The first-order chi connectivity index (χ1) is 14.9. The minimum absolute atomic E-state index is 0.0973. The van der Waals surface area contributed by atoms with Gasteiger partial charge in [-0.1, -0.05) is 35.9 Å². The predicted molar refractivity (Wildman–Crippen MR) is 104 cm³/mol. The highest BCUT2D eigenvalue weighted by Crippen LogP contribution is 2.36. The van der Waals surface area contributed by atoms with Gasteiger partial charge in [-0.3, -0.25) is 0 Å². The Hall–Kier alpha value is -2.62. The van der Waals surface area contributed by atoms with Crippen molar-refractivity contribution >= 4 is 17.7 Å².